The Labute approximate surface area is 223 Å². The van der Waals surface area contributed by atoms with Crippen LogP contribution in [0.25, 0.3) is 22.4 Å². The molecular weight excluding hydrogens is 548 g/mol. The number of halogens is 5. The molecule has 202 valence electrons. The first-order chi connectivity index (χ1) is 18.1. The second-order valence-electron chi connectivity index (χ2n) is 9.12. The standard InChI is InChI=1S/C24H23ClF4N6O2S/c1-34-6-5-17(15(26)10-34)31-16-3-2-4-18-14(16)8-19(35(18)12-24(27,28)29)22-32-21(37-33-22)9-30-23(36)13-7-20(25)38-11-13/h2-4,7-8,11,15,17,31H,5-6,9-10,12H2,1H3,(H,30,36)/t15-,17+/m0/s1. The number of fused-ring (bicyclic) bond motifs is 1. The molecule has 0 aliphatic carbocycles. The molecule has 0 unspecified atom stereocenters. The highest BCUT2D eigenvalue weighted by molar-refractivity contribution is 7.14. The summed E-state index contributed by atoms with van der Waals surface area (Å²) in [6.45, 7) is -0.431. The Hall–Kier alpha value is -3.16. The zero-order valence-electron chi connectivity index (χ0n) is 20.1. The average molecular weight is 571 g/mol. The summed E-state index contributed by atoms with van der Waals surface area (Å²) >= 11 is 7.06. The van der Waals surface area contributed by atoms with Gasteiger partial charge in [-0.15, -0.1) is 11.3 Å². The summed E-state index contributed by atoms with van der Waals surface area (Å²) in [7, 11) is 1.84. The Morgan fingerprint density at radius 1 is 1.32 bits per heavy atom. The fourth-order valence-electron chi connectivity index (χ4n) is 4.48. The van der Waals surface area contributed by atoms with Crippen LogP contribution in [0.5, 0.6) is 0 Å². The summed E-state index contributed by atoms with van der Waals surface area (Å²) in [5.41, 5.74) is 1.26. The molecule has 5 rings (SSSR count). The number of hydrogen-bond acceptors (Lipinski definition) is 7. The molecule has 1 aromatic carbocycles. The second kappa shape index (κ2) is 10.5. The number of anilines is 1. The molecule has 0 saturated carbocycles. The van der Waals surface area contributed by atoms with E-state index >= 15 is 0 Å². The van der Waals surface area contributed by atoms with Crippen molar-refractivity contribution >= 4 is 45.4 Å². The van der Waals surface area contributed by atoms with Crippen LogP contribution in [0.15, 0.2) is 40.2 Å². The van der Waals surface area contributed by atoms with E-state index in [2.05, 4.69) is 20.8 Å². The van der Waals surface area contributed by atoms with Gasteiger partial charge in [0.1, 0.15) is 12.7 Å². The summed E-state index contributed by atoms with van der Waals surface area (Å²) in [5, 5.41) is 11.7. The molecule has 1 fully saturated rings. The minimum Gasteiger partial charge on any atom is -0.379 e. The highest BCUT2D eigenvalue weighted by Gasteiger charge is 2.32. The maximum absolute atomic E-state index is 14.7. The Morgan fingerprint density at radius 2 is 2.13 bits per heavy atom. The monoisotopic (exact) mass is 570 g/mol. The third-order valence-corrected chi connectivity index (χ3v) is 7.39. The number of nitrogens with one attached hydrogen (secondary N) is 2. The van der Waals surface area contributed by atoms with Crippen LogP contribution >= 0.6 is 22.9 Å². The van der Waals surface area contributed by atoms with Crippen molar-refractivity contribution in [2.45, 2.75) is 37.9 Å². The van der Waals surface area contributed by atoms with Crippen molar-refractivity contribution < 1.29 is 26.9 Å². The molecule has 8 nitrogen and oxygen atoms in total. The molecule has 3 aromatic heterocycles. The predicted octanol–water partition coefficient (Wildman–Crippen LogP) is 5.35. The first kappa shape index (κ1) is 26.4. The van der Waals surface area contributed by atoms with Crippen molar-refractivity contribution in [3.63, 3.8) is 0 Å². The quantitative estimate of drug-likeness (QED) is 0.291. The number of thiophene rings is 1. The van der Waals surface area contributed by atoms with Gasteiger partial charge in [0, 0.05) is 29.5 Å². The van der Waals surface area contributed by atoms with Crippen LogP contribution < -0.4 is 10.6 Å². The van der Waals surface area contributed by atoms with Crippen LogP contribution in [0, 0.1) is 0 Å². The lowest BCUT2D eigenvalue weighted by Crippen LogP contribution is -2.46. The lowest BCUT2D eigenvalue weighted by Gasteiger charge is -2.33. The SMILES string of the molecule is CN1CC[C@@H](Nc2cccc3c2cc(-c2noc(CNC(=O)c4csc(Cl)c4)n2)n3CC(F)(F)F)[C@@H](F)C1. The van der Waals surface area contributed by atoms with Crippen LogP contribution in [-0.2, 0) is 13.1 Å². The Kier molecular flexibility index (Phi) is 7.34. The van der Waals surface area contributed by atoms with Crippen LogP contribution in [0.3, 0.4) is 0 Å². The van der Waals surface area contributed by atoms with E-state index in [1.165, 1.54) is 23.5 Å². The first-order valence-electron chi connectivity index (χ1n) is 11.7. The molecule has 14 heteroatoms. The number of carbonyl (C=O) groups excluding carboxylic acids is 1. The lowest BCUT2D eigenvalue weighted by molar-refractivity contribution is -0.139. The van der Waals surface area contributed by atoms with Crippen molar-refractivity contribution in [2.75, 3.05) is 25.5 Å². The highest BCUT2D eigenvalue weighted by atomic mass is 35.5. The molecule has 0 spiro atoms. The van der Waals surface area contributed by atoms with Crippen LogP contribution in [0.2, 0.25) is 4.34 Å². The van der Waals surface area contributed by atoms with Crippen LogP contribution in [0.4, 0.5) is 23.2 Å². The fraction of sp³-hybridized carbons (Fsp3) is 0.375. The zero-order chi connectivity index (χ0) is 27.0. The Bertz CT molecular complexity index is 1450. The molecule has 2 atom stereocenters. The van der Waals surface area contributed by atoms with Gasteiger partial charge in [-0.1, -0.05) is 22.8 Å². The molecule has 1 amide bonds. The number of alkyl halides is 4. The molecule has 4 heterocycles. The van der Waals surface area contributed by atoms with Crippen molar-refractivity contribution in [3.8, 4) is 11.5 Å². The van der Waals surface area contributed by atoms with E-state index in [4.69, 9.17) is 16.1 Å². The number of rotatable bonds is 7. The number of aromatic nitrogens is 3. The summed E-state index contributed by atoms with van der Waals surface area (Å²) in [6.07, 6.45) is -5.09. The van der Waals surface area contributed by atoms with Crippen LogP contribution in [0.1, 0.15) is 22.7 Å². The van der Waals surface area contributed by atoms with E-state index in [-0.39, 0.29) is 30.5 Å². The summed E-state index contributed by atoms with van der Waals surface area (Å²) < 4.78 is 62.1. The largest absolute Gasteiger partial charge is 0.406 e. The molecule has 0 bridgehead atoms. The predicted molar refractivity (Wildman–Crippen MR) is 136 cm³/mol. The molecule has 1 saturated heterocycles. The maximum Gasteiger partial charge on any atom is 0.406 e. The minimum absolute atomic E-state index is 0.0171. The average Bonchev–Trinajstić information content (AvgIpc) is 3.58. The molecule has 1 aliphatic rings. The number of hydrogen-bond donors (Lipinski definition) is 2. The lowest BCUT2D eigenvalue weighted by atomic mass is 10.0. The van der Waals surface area contributed by atoms with E-state index in [0.29, 0.717) is 39.5 Å². The van der Waals surface area contributed by atoms with Crippen molar-refractivity contribution in [3.05, 3.63) is 51.5 Å². The summed E-state index contributed by atoms with van der Waals surface area (Å²) in [5.74, 6) is -0.458. The first-order valence-corrected chi connectivity index (χ1v) is 13.0. The summed E-state index contributed by atoms with van der Waals surface area (Å²) in [6, 6.07) is 7.47. The molecule has 38 heavy (non-hydrogen) atoms. The van der Waals surface area contributed by atoms with Gasteiger partial charge in [-0.05, 0) is 37.7 Å². The number of nitrogens with zero attached hydrogens (tertiary/aromatic N) is 4. The fourth-order valence-corrected chi connectivity index (χ4v) is 5.34. The number of piperidine rings is 1. The van der Waals surface area contributed by atoms with Gasteiger partial charge in [-0.3, -0.25) is 4.79 Å². The molecule has 1 aliphatic heterocycles. The number of amides is 1. The van der Waals surface area contributed by atoms with Gasteiger partial charge in [-0.25, -0.2) is 4.39 Å². The van der Waals surface area contributed by atoms with Crippen molar-refractivity contribution in [2.24, 2.45) is 0 Å². The third kappa shape index (κ3) is 5.79. The minimum atomic E-state index is -4.52. The topological polar surface area (TPSA) is 88.2 Å². The zero-order valence-corrected chi connectivity index (χ0v) is 21.6. The third-order valence-electron chi connectivity index (χ3n) is 6.30. The molecule has 0 radical (unpaired) electrons. The van der Waals surface area contributed by atoms with Gasteiger partial charge in [0.2, 0.25) is 11.7 Å². The molecule has 2 N–H and O–H groups in total. The number of benzene rings is 1. The number of carbonyl (C=O) groups is 1. The van der Waals surface area contributed by atoms with Gasteiger partial charge in [-0.2, -0.15) is 18.2 Å². The van der Waals surface area contributed by atoms with E-state index in [1.54, 1.807) is 23.6 Å². The van der Waals surface area contributed by atoms with E-state index in [0.717, 1.165) is 4.57 Å². The van der Waals surface area contributed by atoms with Gasteiger partial charge in [0.15, 0.2) is 0 Å². The second-order valence-corrected chi connectivity index (χ2v) is 10.7. The molecular formula is C24H23ClF4N6O2S. The smallest absolute Gasteiger partial charge is 0.379 e. The van der Waals surface area contributed by atoms with E-state index in [1.807, 2.05) is 11.9 Å². The Balaban J connectivity index is 1.43. The van der Waals surface area contributed by atoms with Gasteiger partial charge >= 0.3 is 6.18 Å². The maximum atomic E-state index is 14.7. The molecule has 4 aromatic rings. The van der Waals surface area contributed by atoms with Crippen molar-refractivity contribution in [1.29, 1.82) is 0 Å². The highest BCUT2D eigenvalue weighted by Crippen LogP contribution is 2.35. The van der Waals surface area contributed by atoms with Gasteiger partial charge < -0.3 is 24.6 Å². The van der Waals surface area contributed by atoms with Gasteiger partial charge in [0.25, 0.3) is 5.91 Å². The van der Waals surface area contributed by atoms with Crippen LogP contribution in [-0.4, -0.2) is 64.0 Å². The van der Waals surface area contributed by atoms with Gasteiger partial charge in [0.05, 0.1) is 33.7 Å². The van der Waals surface area contributed by atoms with Crippen molar-refractivity contribution in [1.82, 2.24) is 24.9 Å². The van der Waals surface area contributed by atoms with E-state index < -0.39 is 30.8 Å². The summed E-state index contributed by atoms with van der Waals surface area (Å²) in [4.78, 5) is 18.4. The Morgan fingerprint density at radius 3 is 2.84 bits per heavy atom. The van der Waals surface area contributed by atoms with E-state index in [9.17, 15) is 22.4 Å². The number of likely N-dealkylation sites (tertiary alicyclic amines) is 1. The normalized spacial score (nSPS) is 18.7.